The van der Waals surface area contributed by atoms with E-state index >= 15 is 0 Å². The lowest BCUT2D eigenvalue weighted by Crippen LogP contribution is -2.48. The van der Waals surface area contributed by atoms with Crippen molar-refractivity contribution in [1.82, 2.24) is 14.8 Å². The van der Waals surface area contributed by atoms with Gasteiger partial charge in [0.25, 0.3) is 0 Å². The quantitative estimate of drug-likeness (QED) is 0.678. The molecule has 3 heterocycles. The number of thiazole rings is 1. The summed E-state index contributed by atoms with van der Waals surface area (Å²) < 4.78 is 4.74. The molecule has 1 amide bonds. The Balaban J connectivity index is 1.41. The van der Waals surface area contributed by atoms with E-state index in [9.17, 15) is 9.59 Å². The molecule has 0 N–H and O–H groups in total. The number of thioether (sulfide) groups is 1. The molecule has 0 radical (unpaired) electrons. The van der Waals surface area contributed by atoms with Crippen LogP contribution < -0.4 is 0 Å². The molecule has 8 heteroatoms. The Morgan fingerprint density at radius 3 is 2.66 bits per heavy atom. The van der Waals surface area contributed by atoms with Crippen molar-refractivity contribution in [1.29, 1.82) is 0 Å². The number of carbonyl (C=O) groups excluding carboxylic acids is 2. The molecule has 2 saturated heterocycles. The molecule has 0 bridgehead atoms. The van der Waals surface area contributed by atoms with Crippen LogP contribution in [-0.4, -0.2) is 71.0 Å². The van der Waals surface area contributed by atoms with Crippen molar-refractivity contribution in [2.75, 3.05) is 38.2 Å². The molecular formula is C21H25N3O3S2. The van der Waals surface area contributed by atoms with Crippen molar-refractivity contribution >= 4 is 35.0 Å². The second-order valence-electron chi connectivity index (χ2n) is 7.28. The summed E-state index contributed by atoms with van der Waals surface area (Å²) in [5.41, 5.74) is 2.51. The fourth-order valence-corrected chi connectivity index (χ4v) is 5.60. The Kier molecular flexibility index (Phi) is 6.52. The van der Waals surface area contributed by atoms with Crippen molar-refractivity contribution in [3.8, 4) is 10.6 Å². The summed E-state index contributed by atoms with van der Waals surface area (Å²) >= 11 is 3.52. The molecule has 0 aliphatic carbocycles. The highest BCUT2D eigenvalue weighted by Crippen LogP contribution is 2.27. The Labute approximate surface area is 179 Å². The van der Waals surface area contributed by atoms with Crippen molar-refractivity contribution in [2.45, 2.75) is 25.4 Å². The molecule has 1 aromatic carbocycles. The van der Waals surface area contributed by atoms with Crippen LogP contribution in [0.2, 0.25) is 0 Å². The molecule has 2 aliphatic rings. The monoisotopic (exact) mass is 431 g/mol. The van der Waals surface area contributed by atoms with Crippen molar-refractivity contribution < 1.29 is 14.3 Å². The number of ether oxygens (including phenoxy) is 1. The minimum absolute atomic E-state index is 0.0115. The lowest BCUT2D eigenvalue weighted by atomic mass is 10.1. The van der Waals surface area contributed by atoms with Crippen molar-refractivity contribution in [3.63, 3.8) is 0 Å². The van der Waals surface area contributed by atoms with Gasteiger partial charge in [0.2, 0.25) is 5.91 Å². The zero-order valence-corrected chi connectivity index (χ0v) is 18.1. The third-order valence-electron chi connectivity index (χ3n) is 5.44. The molecule has 6 nitrogen and oxygen atoms in total. The van der Waals surface area contributed by atoms with Crippen LogP contribution in [0.15, 0.2) is 29.6 Å². The third kappa shape index (κ3) is 4.65. The summed E-state index contributed by atoms with van der Waals surface area (Å²) in [6, 6.07) is 7.29. The van der Waals surface area contributed by atoms with Crippen LogP contribution >= 0.6 is 23.1 Å². The van der Waals surface area contributed by atoms with Crippen LogP contribution in [0, 0.1) is 0 Å². The van der Waals surface area contributed by atoms with Crippen molar-refractivity contribution in [2.24, 2.45) is 0 Å². The molecular weight excluding hydrogens is 406 g/mol. The molecule has 29 heavy (non-hydrogen) atoms. The number of carbonyl (C=O) groups is 2. The molecule has 154 valence electrons. The molecule has 1 atom stereocenters. The summed E-state index contributed by atoms with van der Waals surface area (Å²) in [6.45, 7) is 3.39. The topological polar surface area (TPSA) is 62.7 Å². The average Bonchev–Trinajstić information content (AvgIpc) is 3.43. The molecule has 2 aliphatic heterocycles. The Hall–Kier alpha value is -1.90. The number of rotatable bonds is 5. The molecule has 4 rings (SSSR count). The van der Waals surface area contributed by atoms with Gasteiger partial charge in [-0.1, -0.05) is 12.1 Å². The van der Waals surface area contributed by atoms with E-state index in [0.717, 1.165) is 60.2 Å². The fourth-order valence-electron chi connectivity index (χ4n) is 3.88. The zero-order valence-electron chi connectivity index (χ0n) is 16.5. The highest BCUT2D eigenvalue weighted by molar-refractivity contribution is 7.99. The van der Waals surface area contributed by atoms with E-state index in [1.165, 1.54) is 7.11 Å². The van der Waals surface area contributed by atoms with Gasteiger partial charge in [-0.2, -0.15) is 11.8 Å². The SMILES string of the molecule is COC(=O)c1ccc(-c2nc(CN3CCCC3C(=O)N3CCSCC3)cs2)cc1. The van der Waals surface area contributed by atoms with E-state index in [1.54, 1.807) is 23.5 Å². The van der Waals surface area contributed by atoms with Gasteiger partial charge in [-0.15, -0.1) is 11.3 Å². The van der Waals surface area contributed by atoms with Gasteiger partial charge < -0.3 is 9.64 Å². The summed E-state index contributed by atoms with van der Waals surface area (Å²) in [7, 11) is 1.38. The number of benzene rings is 1. The molecule has 1 unspecified atom stereocenters. The van der Waals surface area contributed by atoms with Gasteiger partial charge in [-0.25, -0.2) is 9.78 Å². The minimum Gasteiger partial charge on any atom is -0.465 e. The van der Waals surface area contributed by atoms with Crippen LogP contribution in [-0.2, 0) is 16.1 Å². The van der Waals surface area contributed by atoms with E-state index in [4.69, 9.17) is 9.72 Å². The van der Waals surface area contributed by atoms with Gasteiger partial charge in [0, 0.05) is 42.1 Å². The molecule has 2 aromatic rings. The number of likely N-dealkylation sites (tertiary alicyclic amines) is 1. The predicted molar refractivity (Wildman–Crippen MR) is 116 cm³/mol. The first-order valence-electron chi connectivity index (χ1n) is 9.89. The van der Waals surface area contributed by atoms with Crippen LogP contribution in [0.5, 0.6) is 0 Å². The van der Waals surface area contributed by atoms with E-state index in [2.05, 4.69) is 10.3 Å². The number of hydrogen-bond donors (Lipinski definition) is 0. The van der Waals surface area contributed by atoms with E-state index in [1.807, 2.05) is 28.8 Å². The third-order valence-corrected chi connectivity index (χ3v) is 7.32. The number of amides is 1. The minimum atomic E-state index is -0.339. The maximum atomic E-state index is 13.0. The number of aromatic nitrogens is 1. The summed E-state index contributed by atoms with van der Waals surface area (Å²) in [5.74, 6) is 2.04. The van der Waals surface area contributed by atoms with Crippen molar-refractivity contribution in [3.05, 3.63) is 40.9 Å². The highest BCUT2D eigenvalue weighted by Gasteiger charge is 2.34. The second-order valence-corrected chi connectivity index (χ2v) is 9.36. The van der Waals surface area contributed by atoms with E-state index < -0.39 is 0 Å². The van der Waals surface area contributed by atoms with Crippen LogP contribution in [0.4, 0.5) is 0 Å². The first-order chi connectivity index (χ1) is 14.2. The highest BCUT2D eigenvalue weighted by atomic mass is 32.2. The van der Waals surface area contributed by atoms with Gasteiger partial charge >= 0.3 is 5.97 Å². The van der Waals surface area contributed by atoms with Gasteiger partial charge in [0.1, 0.15) is 5.01 Å². The van der Waals surface area contributed by atoms with Gasteiger partial charge in [0.15, 0.2) is 0 Å². The largest absolute Gasteiger partial charge is 0.465 e. The number of nitrogens with zero attached hydrogens (tertiary/aromatic N) is 3. The number of esters is 1. The van der Waals surface area contributed by atoms with Crippen LogP contribution in [0.3, 0.4) is 0 Å². The smallest absolute Gasteiger partial charge is 0.337 e. The standard InChI is InChI=1S/C21H25N3O3S2/c1-27-21(26)16-6-4-15(5-7-16)19-22-17(14-29-19)13-24-8-2-3-18(24)20(25)23-9-11-28-12-10-23/h4-7,14,18H,2-3,8-13H2,1H3. The Morgan fingerprint density at radius 1 is 1.17 bits per heavy atom. The summed E-state index contributed by atoms with van der Waals surface area (Å²) in [5, 5.41) is 2.99. The molecule has 2 fully saturated rings. The number of methoxy groups -OCH3 is 1. The second kappa shape index (κ2) is 9.28. The van der Waals surface area contributed by atoms with Gasteiger partial charge in [-0.3, -0.25) is 9.69 Å². The van der Waals surface area contributed by atoms with Gasteiger partial charge in [0.05, 0.1) is 24.4 Å². The van der Waals surface area contributed by atoms with E-state index in [-0.39, 0.29) is 17.9 Å². The van der Waals surface area contributed by atoms with Crippen LogP contribution in [0.1, 0.15) is 28.9 Å². The first-order valence-corrected chi connectivity index (χ1v) is 11.9. The van der Waals surface area contributed by atoms with E-state index in [0.29, 0.717) is 12.1 Å². The average molecular weight is 432 g/mol. The fraction of sp³-hybridized carbons (Fsp3) is 0.476. The molecule has 0 spiro atoms. The predicted octanol–water partition coefficient (Wildman–Crippen LogP) is 3.14. The molecule has 1 aromatic heterocycles. The van der Waals surface area contributed by atoms with Gasteiger partial charge in [-0.05, 0) is 31.5 Å². The molecule has 0 saturated carbocycles. The summed E-state index contributed by atoms with van der Waals surface area (Å²) in [6.07, 6.45) is 2.00. The Morgan fingerprint density at radius 2 is 1.93 bits per heavy atom. The normalized spacial score (nSPS) is 20.0. The first kappa shape index (κ1) is 20.4. The number of hydrogen-bond acceptors (Lipinski definition) is 7. The van der Waals surface area contributed by atoms with Crippen LogP contribution in [0.25, 0.3) is 10.6 Å². The lowest BCUT2D eigenvalue weighted by molar-refractivity contribution is -0.135. The zero-order chi connectivity index (χ0) is 20.2. The maximum Gasteiger partial charge on any atom is 0.337 e. The Bertz CT molecular complexity index is 862. The summed E-state index contributed by atoms with van der Waals surface area (Å²) in [4.78, 5) is 33.6. The lowest BCUT2D eigenvalue weighted by Gasteiger charge is -2.32. The maximum absolute atomic E-state index is 13.0.